The van der Waals surface area contributed by atoms with E-state index >= 15 is 0 Å². The first kappa shape index (κ1) is 18.1. The van der Waals surface area contributed by atoms with Crippen molar-refractivity contribution in [2.75, 3.05) is 11.1 Å². The van der Waals surface area contributed by atoms with Crippen molar-refractivity contribution in [3.63, 3.8) is 0 Å². The first-order chi connectivity index (χ1) is 13.0. The summed E-state index contributed by atoms with van der Waals surface area (Å²) < 4.78 is 0. The van der Waals surface area contributed by atoms with E-state index in [4.69, 9.17) is 17.2 Å². The number of hydrogen-bond donors (Lipinski definition) is 4. The fourth-order valence-electron chi connectivity index (χ4n) is 2.52. The Kier molecular flexibility index (Phi) is 5.16. The van der Waals surface area contributed by atoms with Gasteiger partial charge >= 0.3 is 0 Å². The van der Waals surface area contributed by atoms with Crippen molar-refractivity contribution in [1.82, 2.24) is 19.9 Å². The van der Waals surface area contributed by atoms with Crippen LogP contribution in [0, 0.1) is 5.92 Å². The van der Waals surface area contributed by atoms with Crippen molar-refractivity contribution >= 4 is 22.7 Å². The molecular weight excluding hydrogens is 340 g/mol. The standard InChI is InChI=1S/C19H22N8/c1-11(2)12(8-20)6-18(22)27-19-4-3-14-16(26-19)5-13(9-23-14)15-7-17(21)25-10-24-15/h3-11H,20,22H2,1-2H3,(H,26,27)(H2,21,24,25)/b12-8+,18-6+. The number of nitrogens with two attached hydrogens (primary N) is 3. The molecule has 0 fully saturated rings. The predicted octanol–water partition coefficient (Wildman–Crippen LogP) is 2.38. The highest BCUT2D eigenvalue weighted by atomic mass is 15.1. The van der Waals surface area contributed by atoms with E-state index in [2.05, 4.69) is 25.3 Å². The van der Waals surface area contributed by atoms with Crippen LogP contribution in [-0.2, 0) is 0 Å². The summed E-state index contributed by atoms with van der Waals surface area (Å²) in [5.74, 6) is 1.74. The maximum Gasteiger partial charge on any atom is 0.132 e. The molecule has 0 aliphatic carbocycles. The lowest BCUT2D eigenvalue weighted by Crippen LogP contribution is -2.11. The summed E-state index contributed by atoms with van der Waals surface area (Å²) in [6, 6.07) is 7.28. The van der Waals surface area contributed by atoms with Crippen LogP contribution in [0.25, 0.3) is 22.3 Å². The third kappa shape index (κ3) is 4.30. The average molecular weight is 362 g/mol. The van der Waals surface area contributed by atoms with Gasteiger partial charge in [-0.05, 0) is 42.0 Å². The van der Waals surface area contributed by atoms with Crippen LogP contribution >= 0.6 is 0 Å². The van der Waals surface area contributed by atoms with E-state index in [0.717, 1.165) is 16.7 Å². The summed E-state index contributed by atoms with van der Waals surface area (Å²) in [7, 11) is 0. The van der Waals surface area contributed by atoms with Gasteiger partial charge in [0.25, 0.3) is 0 Å². The van der Waals surface area contributed by atoms with Crippen LogP contribution in [-0.4, -0.2) is 19.9 Å². The number of allylic oxidation sites excluding steroid dienone is 2. The van der Waals surface area contributed by atoms with Gasteiger partial charge in [0.1, 0.15) is 23.8 Å². The molecule has 0 aliphatic rings. The summed E-state index contributed by atoms with van der Waals surface area (Å²) in [4.78, 5) is 17.1. The smallest absolute Gasteiger partial charge is 0.132 e. The van der Waals surface area contributed by atoms with E-state index in [1.807, 2.05) is 32.0 Å². The Hall–Kier alpha value is -3.68. The van der Waals surface area contributed by atoms with Crippen LogP contribution < -0.4 is 22.5 Å². The lowest BCUT2D eigenvalue weighted by molar-refractivity contribution is 0.786. The number of anilines is 2. The second-order valence-electron chi connectivity index (χ2n) is 6.33. The molecule has 27 heavy (non-hydrogen) atoms. The summed E-state index contributed by atoms with van der Waals surface area (Å²) in [6.45, 7) is 4.09. The number of nitrogens with zero attached hydrogens (tertiary/aromatic N) is 4. The zero-order valence-electron chi connectivity index (χ0n) is 15.2. The fourth-order valence-corrected chi connectivity index (χ4v) is 2.52. The Balaban J connectivity index is 1.91. The van der Waals surface area contributed by atoms with Crippen LogP contribution in [0.3, 0.4) is 0 Å². The monoisotopic (exact) mass is 362 g/mol. The summed E-state index contributed by atoms with van der Waals surface area (Å²) >= 11 is 0. The molecule has 3 rings (SSSR count). The molecule has 3 aromatic heterocycles. The van der Waals surface area contributed by atoms with Crippen LogP contribution in [0.5, 0.6) is 0 Å². The predicted molar refractivity (Wildman–Crippen MR) is 108 cm³/mol. The van der Waals surface area contributed by atoms with E-state index in [1.165, 1.54) is 6.33 Å². The molecule has 0 spiro atoms. The molecule has 0 aliphatic heterocycles. The minimum Gasteiger partial charge on any atom is -0.404 e. The van der Waals surface area contributed by atoms with E-state index in [9.17, 15) is 0 Å². The van der Waals surface area contributed by atoms with Gasteiger partial charge in [0.2, 0.25) is 0 Å². The van der Waals surface area contributed by atoms with Gasteiger partial charge in [-0.25, -0.2) is 15.0 Å². The SMILES string of the molecule is CC(C)C(=C/N)/C=C(\N)Nc1ccc2ncc(-c3cc(N)ncn3)cc2n1. The number of aromatic nitrogens is 4. The first-order valence-corrected chi connectivity index (χ1v) is 8.47. The fraction of sp³-hybridized carbons (Fsp3) is 0.158. The van der Waals surface area contributed by atoms with E-state index < -0.39 is 0 Å². The molecule has 0 atom stereocenters. The summed E-state index contributed by atoms with van der Waals surface area (Å²) in [5, 5.41) is 3.08. The highest BCUT2D eigenvalue weighted by Crippen LogP contribution is 2.22. The molecule has 138 valence electrons. The van der Waals surface area contributed by atoms with Crippen LogP contribution in [0.4, 0.5) is 11.6 Å². The molecule has 7 N–H and O–H groups in total. The zero-order valence-corrected chi connectivity index (χ0v) is 15.2. The van der Waals surface area contributed by atoms with Crippen molar-refractivity contribution in [2.45, 2.75) is 13.8 Å². The van der Waals surface area contributed by atoms with Gasteiger partial charge in [0.05, 0.1) is 16.7 Å². The van der Waals surface area contributed by atoms with Gasteiger partial charge in [-0.1, -0.05) is 13.8 Å². The summed E-state index contributed by atoms with van der Waals surface area (Å²) in [5.41, 5.74) is 21.3. The molecule has 0 aromatic carbocycles. The van der Waals surface area contributed by atoms with Gasteiger partial charge in [0, 0.05) is 17.8 Å². The van der Waals surface area contributed by atoms with Gasteiger partial charge in [-0.3, -0.25) is 4.98 Å². The zero-order chi connectivity index (χ0) is 19.4. The summed E-state index contributed by atoms with van der Waals surface area (Å²) in [6.07, 6.45) is 6.50. The molecule has 0 saturated carbocycles. The number of rotatable bonds is 5. The second-order valence-corrected chi connectivity index (χ2v) is 6.33. The largest absolute Gasteiger partial charge is 0.404 e. The Morgan fingerprint density at radius 3 is 2.63 bits per heavy atom. The van der Waals surface area contributed by atoms with Crippen LogP contribution in [0.15, 0.2) is 60.5 Å². The van der Waals surface area contributed by atoms with Crippen molar-refractivity contribution in [3.05, 3.63) is 60.5 Å². The molecule has 8 nitrogen and oxygen atoms in total. The quantitative estimate of drug-likeness (QED) is 0.507. The van der Waals surface area contributed by atoms with Gasteiger partial charge in [-0.2, -0.15) is 0 Å². The van der Waals surface area contributed by atoms with Crippen molar-refractivity contribution in [2.24, 2.45) is 17.4 Å². The lowest BCUT2D eigenvalue weighted by Gasteiger charge is -2.10. The average Bonchev–Trinajstić information content (AvgIpc) is 2.65. The van der Waals surface area contributed by atoms with Crippen LogP contribution in [0.2, 0.25) is 0 Å². The number of hydrogen-bond acceptors (Lipinski definition) is 8. The van der Waals surface area contributed by atoms with Gasteiger partial charge in [0.15, 0.2) is 0 Å². The maximum atomic E-state index is 6.07. The molecule has 3 heterocycles. The Morgan fingerprint density at radius 2 is 1.93 bits per heavy atom. The molecule has 0 radical (unpaired) electrons. The van der Waals surface area contributed by atoms with Crippen molar-refractivity contribution < 1.29 is 0 Å². The molecule has 0 unspecified atom stereocenters. The third-order valence-electron chi connectivity index (χ3n) is 3.98. The minimum atomic E-state index is 0.270. The Labute approximate surface area is 157 Å². The lowest BCUT2D eigenvalue weighted by atomic mass is 10.0. The Bertz CT molecular complexity index is 1020. The Morgan fingerprint density at radius 1 is 1.11 bits per heavy atom. The molecular formula is C19H22N8. The highest BCUT2D eigenvalue weighted by Gasteiger charge is 2.06. The minimum absolute atomic E-state index is 0.270. The molecule has 8 heteroatoms. The van der Waals surface area contributed by atoms with Crippen molar-refractivity contribution in [1.29, 1.82) is 0 Å². The maximum absolute atomic E-state index is 6.07. The number of nitrogen functional groups attached to an aromatic ring is 1. The molecule has 0 bridgehead atoms. The van der Waals surface area contributed by atoms with Crippen LogP contribution in [0.1, 0.15) is 13.8 Å². The molecule has 0 saturated heterocycles. The topological polar surface area (TPSA) is 142 Å². The number of pyridine rings is 2. The number of nitrogens with one attached hydrogen (secondary N) is 1. The van der Waals surface area contributed by atoms with E-state index in [1.54, 1.807) is 24.5 Å². The normalized spacial score (nSPS) is 12.6. The van der Waals surface area contributed by atoms with E-state index in [-0.39, 0.29) is 5.92 Å². The van der Waals surface area contributed by atoms with E-state index in [0.29, 0.717) is 28.7 Å². The third-order valence-corrected chi connectivity index (χ3v) is 3.98. The highest BCUT2D eigenvalue weighted by molar-refractivity contribution is 5.81. The molecule has 3 aromatic rings. The van der Waals surface area contributed by atoms with Gasteiger partial charge < -0.3 is 22.5 Å². The molecule has 0 amide bonds. The number of fused-ring (bicyclic) bond motifs is 1. The van der Waals surface area contributed by atoms with Gasteiger partial charge in [-0.15, -0.1) is 0 Å². The second kappa shape index (κ2) is 7.69. The van der Waals surface area contributed by atoms with Crippen molar-refractivity contribution in [3.8, 4) is 11.3 Å². The first-order valence-electron chi connectivity index (χ1n) is 8.47.